The Morgan fingerprint density at radius 2 is 1.50 bits per heavy atom. The molecule has 2 aliphatic rings. The molecule has 0 radical (unpaired) electrons. The van der Waals surface area contributed by atoms with Crippen molar-refractivity contribution in [1.82, 2.24) is 4.90 Å². The van der Waals surface area contributed by atoms with E-state index in [1.165, 1.54) is 32.1 Å². The molecule has 0 N–H and O–H groups in total. The number of rotatable bonds is 1. The van der Waals surface area contributed by atoms with Crippen LogP contribution in [0, 0.1) is 0 Å². The molecule has 3 nitrogen and oxygen atoms in total. The molecule has 1 heterocycles. The first kappa shape index (κ1) is 10.4. The summed E-state index contributed by atoms with van der Waals surface area (Å²) in [6, 6.07) is 0.680. The van der Waals surface area contributed by atoms with Crippen molar-refractivity contribution in [2.45, 2.75) is 38.1 Å². The topological polar surface area (TPSA) is 37.4 Å². The summed E-state index contributed by atoms with van der Waals surface area (Å²) in [7, 11) is -2.70. The van der Waals surface area contributed by atoms with E-state index < -0.39 is 9.84 Å². The zero-order chi connectivity index (χ0) is 10.0. The predicted molar refractivity (Wildman–Crippen MR) is 57.1 cm³/mol. The van der Waals surface area contributed by atoms with Gasteiger partial charge in [0.15, 0.2) is 9.84 Å². The maximum absolute atomic E-state index is 11.3. The summed E-state index contributed by atoms with van der Waals surface area (Å²) in [6.45, 7) is 1.54. The maximum Gasteiger partial charge on any atom is 0.152 e. The molecule has 82 valence electrons. The lowest BCUT2D eigenvalue weighted by molar-refractivity contribution is 0.168. The van der Waals surface area contributed by atoms with E-state index in [0.717, 1.165) is 13.1 Å². The van der Waals surface area contributed by atoms with Crippen molar-refractivity contribution in [1.29, 1.82) is 0 Å². The molecule has 1 aliphatic carbocycles. The van der Waals surface area contributed by atoms with Crippen LogP contribution in [0.3, 0.4) is 0 Å². The van der Waals surface area contributed by atoms with Gasteiger partial charge in [-0.05, 0) is 12.8 Å². The Bertz CT molecular complexity index is 266. The smallest absolute Gasteiger partial charge is 0.152 e. The molecule has 0 atom stereocenters. The van der Waals surface area contributed by atoms with E-state index in [9.17, 15) is 8.42 Å². The van der Waals surface area contributed by atoms with Gasteiger partial charge < -0.3 is 0 Å². The molecule has 0 aromatic heterocycles. The Hall–Kier alpha value is -0.0900. The van der Waals surface area contributed by atoms with Gasteiger partial charge in [-0.25, -0.2) is 8.42 Å². The molecule has 0 unspecified atom stereocenters. The lowest BCUT2D eigenvalue weighted by Crippen LogP contribution is -2.46. The summed E-state index contributed by atoms with van der Waals surface area (Å²) in [5.41, 5.74) is 0. The molecule has 1 aliphatic heterocycles. The Balaban J connectivity index is 1.88. The first-order chi connectivity index (χ1) is 6.67. The quantitative estimate of drug-likeness (QED) is 0.659. The molecular formula is C10H19NO2S. The molecule has 4 heteroatoms. The van der Waals surface area contributed by atoms with Crippen molar-refractivity contribution >= 4 is 9.84 Å². The average Bonchev–Trinajstić information content (AvgIpc) is 2.19. The predicted octanol–water partition coefficient (Wildman–Crippen LogP) is 1.05. The van der Waals surface area contributed by atoms with Crippen LogP contribution in [-0.4, -0.2) is 44.0 Å². The second kappa shape index (κ2) is 4.19. The molecule has 0 spiro atoms. The van der Waals surface area contributed by atoms with Gasteiger partial charge in [0.1, 0.15) is 0 Å². The van der Waals surface area contributed by atoms with Gasteiger partial charge in [-0.1, -0.05) is 19.3 Å². The first-order valence-electron chi connectivity index (χ1n) is 5.62. The van der Waals surface area contributed by atoms with Gasteiger partial charge in [-0.2, -0.15) is 0 Å². The van der Waals surface area contributed by atoms with Gasteiger partial charge >= 0.3 is 0 Å². The molecule has 1 saturated heterocycles. The van der Waals surface area contributed by atoms with Crippen LogP contribution in [0.25, 0.3) is 0 Å². The molecule has 0 amide bonds. The highest BCUT2D eigenvalue weighted by atomic mass is 32.2. The molecule has 2 rings (SSSR count). The third-order valence-electron chi connectivity index (χ3n) is 3.47. The number of hydrogen-bond acceptors (Lipinski definition) is 3. The Morgan fingerprint density at radius 1 is 0.929 bits per heavy atom. The fourth-order valence-electron chi connectivity index (χ4n) is 2.54. The molecule has 0 aromatic carbocycles. The molecule has 0 bridgehead atoms. The van der Waals surface area contributed by atoms with E-state index in [-0.39, 0.29) is 0 Å². The molecule has 0 aromatic rings. The summed E-state index contributed by atoms with van der Waals surface area (Å²) < 4.78 is 22.5. The van der Waals surface area contributed by atoms with Crippen molar-refractivity contribution in [3.63, 3.8) is 0 Å². The van der Waals surface area contributed by atoms with Crippen molar-refractivity contribution in [2.75, 3.05) is 24.6 Å². The second-order valence-electron chi connectivity index (χ2n) is 4.48. The monoisotopic (exact) mass is 217 g/mol. The zero-order valence-corrected chi connectivity index (χ0v) is 9.43. The third-order valence-corrected chi connectivity index (χ3v) is 5.08. The minimum atomic E-state index is -2.70. The maximum atomic E-state index is 11.3. The van der Waals surface area contributed by atoms with Crippen LogP contribution in [0.1, 0.15) is 32.1 Å². The minimum Gasteiger partial charge on any atom is -0.298 e. The normalized spacial score (nSPS) is 30.3. The largest absolute Gasteiger partial charge is 0.298 e. The van der Waals surface area contributed by atoms with E-state index in [2.05, 4.69) is 4.90 Å². The standard InChI is InChI=1S/C10H19NO2S/c12-14(13)8-6-11(7-9-14)10-4-2-1-3-5-10/h10H,1-9H2. The van der Waals surface area contributed by atoms with Crippen LogP contribution in [0.5, 0.6) is 0 Å². The van der Waals surface area contributed by atoms with Gasteiger partial charge in [-0.15, -0.1) is 0 Å². The highest BCUT2D eigenvalue weighted by molar-refractivity contribution is 7.91. The van der Waals surface area contributed by atoms with Gasteiger partial charge in [0.2, 0.25) is 0 Å². The van der Waals surface area contributed by atoms with Crippen LogP contribution in [-0.2, 0) is 9.84 Å². The van der Waals surface area contributed by atoms with E-state index in [1.807, 2.05) is 0 Å². The summed E-state index contributed by atoms with van der Waals surface area (Å²) in [6.07, 6.45) is 6.57. The van der Waals surface area contributed by atoms with Crippen molar-refractivity contribution in [3.05, 3.63) is 0 Å². The van der Waals surface area contributed by atoms with Crippen molar-refractivity contribution in [3.8, 4) is 0 Å². The summed E-state index contributed by atoms with van der Waals surface area (Å²) >= 11 is 0. The van der Waals surface area contributed by atoms with Crippen LogP contribution in [0.15, 0.2) is 0 Å². The van der Waals surface area contributed by atoms with Crippen molar-refractivity contribution in [2.24, 2.45) is 0 Å². The highest BCUT2D eigenvalue weighted by Gasteiger charge is 2.27. The van der Waals surface area contributed by atoms with E-state index in [1.54, 1.807) is 0 Å². The molecule has 2 fully saturated rings. The van der Waals surface area contributed by atoms with Gasteiger partial charge in [-0.3, -0.25) is 4.90 Å². The molecular weight excluding hydrogens is 198 g/mol. The van der Waals surface area contributed by atoms with Gasteiger partial charge in [0, 0.05) is 19.1 Å². The summed E-state index contributed by atoms with van der Waals surface area (Å²) in [5.74, 6) is 0.757. The fourth-order valence-corrected chi connectivity index (χ4v) is 3.77. The highest BCUT2D eigenvalue weighted by Crippen LogP contribution is 2.23. The number of sulfone groups is 1. The fraction of sp³-hybridized carbons (Fsp3) is 1.00. The molecule has 1 saturated carbocycles. The number of nitrogens with zero attached hydrogens (tertiary/aromatic N) is 1. The van der Waals surface area contributed by atoms with Crippen LogP contribution in [0.4, 0.5) is 0 Å². The minimum absolute atomic E-state index is 0.378. The Labute approximate surface area is 86.4 Å². The Morgan fingerprint density at radius 3 is 2.07 bits per heavy atom. The lowest BCUT2D eigenvalue weighted by atomic mass is 9.94. The van der Waals surface area contributed by atoms with E-state index in [4.69, 9.17) is 0 Å². The van der Waals surface area contributed by atoms with Gasteiger partial charge in [0.05, 0.1) is 11.5 Å². The molecule has 14 heavy (non-hydrogen) atoms. The lowest BCUT2D eigenvalue weighted by Gasteiger charge is -2.36. The van der Waals surface area contributed by atoms with E-state index >= 15 is 0 Å². The second-order valence-corrected chi connectivity index (χ2v) is 6.78. The Kier molecular flexibility index (Phi) is 3.12. The average molecular weight is 217 g/mol. The summed E-state index contributed by atoms with van der Waals surface area (Å²) in [5, 5.41) is 0. The summed E-state index contributed by atoms with van der Waals surface area (Å²) in [4.78, 5) is 2.39. The number of hydrogen-bond donors (Lipinski definition) is 0. The van der Waals surface area contributed by atoms with E-state index in [0.29, 0.717) is 17.5 Å². The van der Waals surface area contributed by atoms with Crippen LogP contribution >= 0.6 is 0 Å². The van der Waals surface area contributed by atoms with Gasteiger partial charge in [0.25, 0.3) is 0 Å². The SMILES string of the molecule is O=S1(=O)CCN(C2CCCCC2)CC1. The first-order valence-corrected chi connectivity index (χ1v) is 7.44. The van der Waals surface area contributed by atoms with Crippen LogP contribution in [0.2, 0.25) is 0 Å². The third kappa shape index (κ3) is 2.48. The van der Waals surface area contributed by atoms with Crippen molar-refractivity contribution < 1.29 is 8.42 Å². The van der Waals surface area contributed by atoms with Crippen LogP contribution < -0.4 is 0 Å². The zero-order valence-electron chi connectivity index (χ0n) is 8.61.